The van der Waals surface area contributed by atoms with Crippen LogP contribution < -0.4 is 0 Å². The van der Waals surface area contributed by atoms with Gasteiger partial charge in [0.2, 0.25) is 5.91 Å². The molecule has 106 valence electrons. The van der Waals surface area contributed by atoms with Crippen LogP contribution in [0.1, 0.15) is 24.8 Å². The second-order valence-corrected chi connectivity index (χ2v) is 5.87. The number of likely N-dealkylation sites (tertiary alicyclic amines) is 1. The Morgan fingerprint density at radius 3 is 2.70 bits per heavy atom. The number of benzene rings is 1. The van der Waals surface area contributed by atoms with E-state index in [1.807, 2.05) is 41.3 Å². The smallest absolute Gasteiger partial charge is 0.246 e. The molecule has 1 aromatic rings. The van der Waals surface area contributed by atoms with Gasteiger partial charge in [-0.15, -0.1) is 0 Å². The van der Waals surface area contributed by atoms with Crippen LogP contribution in [0.3, 0.4) is 0 Å². The molecule has 0 aromatic heterocycles. The highest BCUT2D eigenvalue weighted by molar-refractivity contribution is 5.91. The number of carbonyl (C=O) groups is 1. The Labute approximate surface area is 120 Å². The molecule has 2 fully saturated rings. The molecule has 2 atom stereocenters. The monoisotopic (exact) mass is 270 g/mol. The fourth-order valence-corrected chi connectivity index (χ4v) is 3.35. The fourth-order valence-electron chi connectivity index (χ4n) is 3.35. The Morgan fingerprint density at radius 2 is 1.90 bits per heavy atom. The standard InChI is InChI=1S/C17H22N2O/c1-18-15-8-9-16(18)13-19(12-11-15)17(20)10-7-14-5-3-2-4-6-14/h2-7,10,15-16H,8-9,11-13H2,1H3. The molecule has 0 saturated carbocycles. The number of amides is 1. The van der Waals surface area contributed by atoms with E-state index < -0.39 is 0 Å². The van der Waals surface area contributed by atoms with Gasteiger partial charge in [0.1, 0.15) is 0 Å². The summed E-state index contributed by atoms with van der Waals surface area (Å²) in [4.78, 5) is 16.8. The van der Waals surface area contributed by atoms with E-state index in [2.05, 4.69) is 11.9 Å². The first-order valence-corrected chi connectivity index (χ1v) is 7.48. The van der Waals surface area contributed by atoms with E-state index in [4.69, 9.17) is 0 Å². The highest BCUT2D eigenvalue weighted by Gasteiger charge is 2.35. The fraction of sp³-hybridized carbons (Fsp3) is 0.471. The highest BCUT2D eigenvalue weighted by atomic mass is 16.2. The van der Waals surface area contributed by atoms with Crippen LogP contribution in [0.5, 0.6) is 0 Å². The highest BCUT2D eigenvalue weighted by Crippen LogP contribution is 2.28. The summed E-state index contributed by atoms with van der Waals surface area (Å²) in [6, 6.07) is 11.2. The molecule has 2 saturated heterocycles. The van der Waals surface area contributed by atoms with Crippen LogP contribution in [0.2, 0.25) is 0 Å². The molecule has 2 bridgehead atoms. The molecule has 3 nitrogen and oxygen atoms in total. The summed E-state index contributed by atoms with van der Waals surface area (Å²) in [7, 11) is 2.20. The van der Waals surface area contributed by atoms with Crippen molar-refractivity contribution < 1.29 is 4.79 Å². The van der Waals surface area contributed by atoms with Crippen LogP contribution in [0.25, 0.3) is 6.08 Å². The Hall–Kier alpha value is -1.61. The predicted octanol–water partition coefficient (Wildman–Crippen LogP) is 2.39. The van der Waals surface area contributed by atoms with Crippen molar-refractivity contribution in [3.63, 3.8) is 0 Å². The number of hydrogen-bond donors (Lipinski definition) is 0. The third-order valence-electron chi connectivity index (χ3n) is 4.68. The number of fused-ring (bicyclic) bond motifs is 2. The van der Waals surface area contributed by atoms with Crippen molar-refractivity contribution in [2.24, 2.45) is 0 Å². The lowest BCUT2D eigenvalue weighted by Gasteiger charge is -2.24. The summed E-state index contributed by atoms with van der Waals surface area (Å²) in [5.74, 6) is 0.148. The molecule has 2 heterocycles. The molecule has 1 aromatic carbocycles. The third-order valence-corrected chi connectivity index (χ3v) is 4.68. The van der Waals surface area contributed by atoms with Gasteiger partial charge in [-0.2, -0.15) is 0 Å². The molecule has 2 aliphatic heterocycles. The normalized spacial score (nSPS) is 26.9. The molecule has 0 N–H and O–H groups in total. The predicted molar refractivity (Wildman–Crippen MR) is 81.2 cm³/mol. The maximum absolute atomic E-state index is 12.3. The van der Waals surface area contributed by atoms with Crippen molar-refractivity contribution in [3.05, 3.63) is 42.0 Å². The summed E-state index contributed by atoms with van der Waals surface area (Å²) in [6.45, 7) is 1.77. The van der Waals surface area contributed by atoms with Crippen molar-refractivity contribution in [3.8, 4) is 0 Å². The SMILES string of the molecule is CN1C2CCC1CN(C(=O)C=Cc1ccccc1)CC2. The van der Waals surface area contributed by atoms with Gasteiger partial charge < -0.3 is 4.90 Å². The molecular weight excluding hydrogens is 248 g/mol. The topological polar surface area (TPSA) is 23.6 Å². The molecular formula is C17H22N2O. The van der Waals surface area contributed by atoms with Crippen molar-refractivity contribution in [1.29, 1.82) is 0 Å². The Morgan fingerprint density at radius 1 is 1.15 bits per heavy atom. The minimum atomic E-state index is 0.148. The van der Waals surface area contributed by atoms with E-state index in [0.717, 1.165) is 25.1 Å². The average Bonchev–Trinajstić information content (AvgIpc) is 2.71. The second-order valence-electron chi connectivity index (χ2n) is 5.87. The lowest BCUT2D eigenvalue weighted by Crippen LogP contribution is -2.39. The number of hydrogen-bond acceptors (Lipinski definition) is 2. The second kappa shape index (κ2) is 5.80. The molecule has 2 unspecified atom stereocenters. The number of likely N-dealkylation sites (N-methyl/N-ethyl adjacent to an activating group) is 1. The van der Waals surface area contributed by atoms with Gasteiger partial charge in [-0.25, -0.2) is 0 Å². The molecule has 2 aliphatic rings. The van der Waals surface area contributed by atoms with Crippen LogP contribution in [0.15, 0.2) is 36.4 Å². The quantitative estimate of drug-likeness (QED) is 0.770. The maximum atomic E-state index is 12.3. The van der Waals surface area contributed by atoms with Gasteiger partial charge in [0, 0.05) is 31.2 Å². The number of nitrogens with zero attached hydrogens (tertiary/aromatic N) is 2. The molecule has 3 heteroatoms. The average molecular weight is 270 g/mol. The maximum Gasteiger partial charge on any atom is 0.246 e. The van der Waals surface area contributed by atoms with Crippen molar-refractivity contribution in [1.82, 2.24) is 9.80 Å². The summed E-state index contributed by atoms with van der Waals surface area (Å²) in [5.41, 5.74) is 1.08. The molecule has 0 aliphatic carbocycles. The molecule has 20 heavy (non-hydrogen) atoms. The van der Waals surface area contributed by atoms with E-state index in [1.54, 1.807) is 6.08 Å². The number of rotatable bonds is 2. The zero-order valence-electron chi connectivity index (χ0n) is 12.0. The molecule has 3 rings (SSSR count). The minimum Gasteiger partial charge on any atom is -0.338 e. The first-order valence-electron chi connectivity index (χ1n) is 7.48. The third kappa shape index (κ3) is 2.78. The van der Waals surface area contributed by atoms with Crippen LogP contribution in [-0.2, 0) is 4.79 Å². The first kappa shape index (κ1) is 13.4. The van der Waals surface area contributed by atoms with Gasteiger partial charge in [0.05, 0.1) is 0 Å². The first-order chi connectivity index (χ1) is 9.74. The van der Waals surface area contributed by atoms with Crippen LogP contribution in [-0.4, -0.2) is 47.9 Å². The summed E-state index contributed by atoms with van der Waals surface area (Å²) < 4.78 is 0. The lowest BCUT2D eigenvalue weighted by molar-refractivity contribution is -0.126. The number of carbonyl (C=O) groups excluding carboxylic acids is 1. The van der Waals surface area contributed by atoms with Crippen LogP contribution >= 0.6 is 0 Å². The zero-order valence-corrected chi connectivity index (χ0v) is 12.0. The van der Waals surface area contributed by atoms with Gasteiger partial charge in [0.15, 0.2) is 0 Å². The van der Waals surface area contributed by atoms with E-state index in [9.17, 15) is 4.79 Å². The van der Waals surface area contributed by atoms with Gasteiger partial charge in [-0.1, -0.05) is 30.3 Å². The van der Waals surface area contributed by atoms with Crippen molar-refractivity contribution in [2.75, 3.05) is 20.1 Å². The van der Waals surface area contributed by atoms with E-state index in [0.29, 0.717) is 12.1 Å². The van der Waals surface area contributed by atoms with Gasteiger partial charge >= 0.3 is 0 Å². The zero-order chi connectivity index (χ0) is 13.9. The van der Waals surface area contributed by atoms with E-state index >= 15 is 0 Å². The van der Waals surface area contributed by atoms with Crippen LogP contribution in [0.4, 0.5) is 0 Å². The van der Waals surface area contributed by atoms with Crippen LogP contribution in [0, 0.1) is 0 Å². The largest absolute Gasteiger partial charge is 0.338 e. The van der Waals surface area contributed by atoms with Gasteiger partial charge in [-0.05, 0) is 37.9 Å². The Balaban J connectivity index is 1.64. The minimum absolute atomic E-state index is 0.148. The van der Waals surface area contributed by atoms with E-state index in [1.165, 1.54) is 12.8 Å². The van der Waals surface area contributed by atoms with E-state index in [-0.39, 0.29) is 5.91 Å². The molecule has 0 spiro atoms. The Bertz CT molecular complexity index is 497. The van der Waals surface area contributed by atoms with Gasteiger partial charge in [-0.3, -0.25) is 9.69 Å². The lowest BCUT2D eigenvalue weighted by atomic mass is 10.1. The summed E-state index contributed by atoms with van der Waals surface area (Å²) >= 11 is 0. The summed E-state index contributed by atoms with van der Waals surface area (Å²) in [6.07, 6.45) is 7.26. The molecule has 1 amide bonds. The van der Waals surface area contributed by atoms with Crippen molar-refractivity contribution >= 4 is 12.0 Å². The van der Waals surface area contributed by atoms with Gasteiger partial charge in [0.25, 0.3) is 0 Å². The molecule has 0 radical (unpaired) electrons. The summed E-state index contributed by atoms with van der Waals surface area (Å²) in [5, 5.41) is 0. The van der Waals surface area contributed by atoms with Crippen molar-refractivity contribution in [2.45, 2.75) is 31.3 Å². The Kier molecular flexibility index (Phi) is 3.88.